The minimum Gasteiger partial charge on any atom is -0.493 e. The maximum Gasteiger partial charge on any atom is 0.387 e. The molecule has 0 bridgehead atoms. The zero-order chi connectivity index (χ0) is 22.4. The number of para-hydroxylation sites is 1. The standard InChI is InChI=1S/C22H21ClF2N2O4/c1-30-18-6-4-5-14(20(18)31-22(24)25)7-10-19(28)26-17-13-15(23)8-9-16(17)21(29)27-11-2-3-12-27/h4-10,13,22H,2-3,11-12H2,1H3,(H,26,28)/b10-7+. The summed E-state index contributed by atoms with van der Waals surface area (Å²) >= 11 is 6.04. The van der Waals surface area contributed by atoms with Crippen LogP contribution in [0.25, 0.3) is 6.08 Å². The van der Waals surface area contributed by atoms with Crippen LogP contribution in [-0.4, -0.2) is 43.5 Å². The number of methoxy groups -OCH3 is 1. The minimum absolute atomic E-state index is 0.108. The van der Waals surface area contributed by atoms with Crippen LogP contribution < -0.4 is 14.8 Å². The normalized spacial score (nSPS) is 13.6. The molecule has 1 heterocycles. The van der Waals surface area contributed by atoms with Crippen molar-refractivity contribution in [3.63, 3.8) is 0 Å². The maximum atomic E-state index is 12.8. The fraction of sp³-hybridized carbons (Fsp3) is 0.273. The number of rotatable bonds is 7. The Hall–Kier alpha value is -3.13. The van der Waals surface area contributed by atoms with Gasteiger partial charge in [0.05, 0.1) is 18.4 Å². The van der Waals surface area contributed by atoms with Crippen molar-refractivity contribution >= 4 is 35.2 Å². The Kier molecular flexibility index (Phi) is 7.46. The van der Waals surface area contributed by atoms with Crippen molar-refractivity contribution in [2.75, 3.05) is 25.5 Å². The molecule has 0 aliphatic carbocycles. The quantitative estimate of drug-likeness (QED) is 0.613. The summed E-state index contributed by atoms with van der Waals surface area (Å²) < 4.78 is 35.1. The molecule has 31 heavy (non-hydrogen) atoms. The van der Waals surface area contributed by atoms with Gasteiger partial charge in [0.15, 0.2) is 11.5 Å². The topological polar surface area (TPSA) is 67.9 Å². The van der Waals surface area contributed by atoms with E-state index >= 15 is 0 Å². The lowest BCUT2D eigenvalue weighted by Crippen LogP contribution is -2.28. The van der Waals surface area contributed by atoms with Gasteiger partial charge in [0.1, 0.15) is 0 Å². The van der Waals surface area contributed by atoms with Gasteiger partial charge in [-0.2, -0.15) is 8.78 Å². The van der Waals surface area contributed by atoms with Crippen LogP contribution >= 0.6 is 11.6 Å². The van der Waals surface area contributed by atoms with Gasteiger partial charge < -0.3 is 19.7 Å². The van der Waals surface area contributed by atoms with E-state index in [1.165, 1.54) is 31.4 Å². The van der Waals surface area contributed by atoms with Crippen LogP contribution in [0.3, 0.4) is 0 Å². The van der Waals surface area contributed by atoms with E-state index in [2.05, 4.69) is 10.1 Å². The Bertz CT molecular complexity index is 991. The third-order valence-corrected chi connectivity index (χ3v) is 4.95. The van der Waals surface area contributed by atoms with Gasteiger partial charge in [-0.3, -0.25) is 9.59 Å². The molecule has 1 saturated heterocycles. The van der Waals surface area contributed by atoms with Gasteiger partial charge in [0.25, 0.3) is 5.91 Å². The zero-order valence-electron chi connectivity index (χ0n) is 16.7. The number of carbonyl (C=O) groups excluding carboxylic acids is 2. The number of nitrogens with zero attached hydrogens (tertiary/aromatic N) is 1. The molecule has 0 radical (unpaired) electrons. The highest BCUT2D eigenvalue weighted by molar-refractivity contribution is 6.31. The smallest absolute Gasteiger partial charge is 0.387 e. The van der Waals surface area contributed by atoms with Crippen LogP contribution in [0.15, 0.2) is 42.5 Å². The lowest BCUT2D eigenvalue weighted by atomic mass is 10.1. The van der Waals surface area contributed by atoms with Crippen molar-refractivity contribution in [2.45, 2.75) is 19.5 Å². The molecule has 2 amide bonds. The van der Waals surface area contributed by atoms with Gasteiger partial charge in [-0.25, -0.2) is 0 Å². The predicted molar refractivity (Wildman–Crippen MR) is 114 cm³/mol. The number of benzene rings is 2. The van der Waals surface area contributed by atoms with Crippen LogP contribution in [0.4, 0.5) is 14.5 Å². The first-order valence-electron chi connectivity index (χ1n) is 9.58. The molecule has 6 nitrogen and oxygen atoms in total. The lowest BCUT2D eigenvalue weighted by molar-refractivity contribution is -0.111. The van der Waals surface area contributed by atoms with Gasteiger partial charge in [0, 0.05) is 29.8 Å². The Balaban J connectivity index is 1.81. The summed E-state index contributed by atoms with van der Waals surface area (Å²) in [5.74, 6) is -0.828. The van der Waals surface area contributed by atoms with Crippen LogP contribution in [0.1, 0.15) is 28.8 Å². The molecule has 1 N–H and O–H groups in total. The second kappa shape index (κ2) is 10.3. The lowest BCUT2D eigenvalue weighted by Gasteiger charge is -2.18. The van der Waals surface area contributed by atoms with Crippen LogP contribution in [0.2, 0.25) is 5.02 Å². The van der Waals surface area contributed by atoms with E-state index in [4.69, 9.17) is 16.3 Å². The van der Waals surface area contributed by atoms with Crippen molar-refractivity contribution in [1.29, 1.82) is 0 Å². The van der Waals surface area contributed by atoms with Crippen molar-refractivity contribution in [3.05, 3.63) is 58.6 Å². The molecule has 1 aliphatic rings. The number of hydrogen-bond acceptors (Lipinski definition) is 4. The average molecular weight is 451 g/mol. The van der Waals surface area contributed by atoms with E-state index in [-0.39, 0.29) is 28.7 Å². The molecule has 0 aromatic heterocycles. The number of ether oxygens (including phenoxy) is 2. The number of hydrogen-bond donors (Lipinski definition) is 1. The van der Waals surface area contributed by atoms with E-state index in [0.717, 1.165) is 18.9 Å². The number of carbonyl (C=O) groups is 2. The van der Waals surface area contributed by atoms with E-state index in [1.807, 2.05) is 0 Å². The van der Waals surface area contributed by atoms with E-state index in [1.54, 1.807) is 23.1 Å². The fourth-order valence-corrected chi connectivity index (χ4v) is 3.45. The monoisotopic (exact) mass is 450 g/mol. The molecule has 0 unspecified atom stereocenters. The number of nitrogens with one attached hydrogen (secondary N) is 1. The molecule has 0 saturated carbocycles. The molecule has 2 aromatic rings. The zero-order valence-corrected chi connectivity index (χ0v) is 17.5. The Morgan fingerprint density at radius 3 is 2.61 bits per heavy atom. The fourth-order valence-electron chi connectivity index (χ4n) is 3.28. The Morgan fingerprint density at radius 2 is 1.94 bits per heavy atom. The summed E-state index contributed by atoms with van der Waals surface area (Å²) in [5, 5.41) is 3.00. The number of anilines is 1. The highest BCUT2D eigenvalue weighted by atomic mass is 35.5. The molecular weight excluding hydrogens is 430 g/mol. The predicted octanol–water partition coefficient (Wildman–Crippen LogP) is 4.84. The summed E-state index contributed by atoms with van der Waals surface area (Å²) in [6.07, 6.45) is 4.35. The summed E-state index contributed by atoms with van der Waals surface area (Å²) in [6, 6.07) is 9.20. The highest BCUT2D eigenvalue weighted by Crippen LogP contribution is 2.33. The summed E-state index contributed by atoms with van der Waals surface area (Å²) in [5.41, 5.74) is 0.833. The molecule has 2 aromatic carbocycles. The van der Waals surface area contributed by atoms with Gasteiger partial charge in [0.2, 0.25) is 5.91 Å². The molecule has 3 rings (SSSR count). The van der Waals surface area contributed by atoms with Gasteiger partial charge >= 0.3 is 6.61 Å². The first-order valence-corrected chi connectivity index (χ1v) is 9.96. The third kappa shape index (κ3) is 5.73. The van der Waals surface area contributed by atoms with E-state index in [9.17, 15) is 18.4 Å². The van der Waals surface area contributed by atoms with Crippen molar-refractivity contribution in [1.82, 2.24) is 4.90 Å². The Morgan fingerprint density at radius 1 is 1.19 bits per heavy atom. The van der Waals surface area contributed by atoms with Crippen molar-refractivity contribution < 1.29 is 27.8 Å². The SMILES string of the molecule is COc1cccc(/C=C/C(=O)Nc2cc(Cl)ccc2C(=O)N2CCCC2)c1OC(F)F. The molecule has 0 spiro atoms. The number of alkyl halides is 2. The number of halogens is 3. The van der Waals surface area contributed by atoms with Crippen LogP contribution in [-0.2, 0) is 4.79 Å². The molecule has 9 heteroatoms. The third-order valence-electron chi connectivity index (χ3n) is 4.71. The minimum atomic E-state index is -3.05. The second-order valence-corrected chi connectivity index (χ2v) is 7.21. The highest BCUT2D eigenvalue weighted by Gasteiger charge is 2.22. The second-order valence-electron chi connectivity index (χ2n) is 6.77. The van der Waals surface area contributed by atoms with E-state index in [0.29, 0.717) is 23.7 Å². The Labute approximate surface area is 183 Å². The number of likely N-dealkylation sites (tertiary alicyclic amines) is 1. The van der Waals surface area contributed by atoms with Gasteiger partial charge in [-0.15, -0.1) is 0 Å². The van der Waals surface area contributed by atoms with Gasteiger partial charge in [-0.05, 0) is 43.2 Å². The van der Waals surface area contributed by atoms with Crippen LogP contribution in [0.5, 0.6) is 11.5 Å². The molecule has 164 valence electrons. The largest absolute Gasteiger partial charge is 0.493 e. The molecule has 1 aliphatic heterocycles. The first kappa shape index (κ1) is 22.6. The van der Waals surface area contributed by atoms with Crippen molar-refractivity contribution in [3.8, 4) is 11.5 Å². The molecule has 1 fully saturated rings. The first-order chi connectivity index (χ1) is 14.9. The maximum absolute atomic E-state index is 12.8. The summed E-state index contributed by atoms with van der Waals surface area (Å²) in [7, 11) is 1.33. The van der Waals surface area contributed by atoms with Crippen molar-refractivity contribution in [2.24, 2.45) is 0 Å². The van der Waals surface area contributed by atoms with Gasteiger partial charge in [-0.1, -0.05) is 23.7 Å². The van der Waals surface area contributed by atoms with E-state index < -0.39 is 12.5 Å². The number of amides is 2. The molecule has 0 atom stereocenters. The molecular formula is C22H21ClF2N2O4. The summed E-state index contributed by atoms with van der Waals surface area (Å²) in [6.45, 7) is -1.72. The van der Waals surface area contributed by atoms with Crippen LogP contribution in [0, 0.1) is 0 Å². The average Bonchev–Trinajstić information content (AvgIpc) is 3.27. The summed E-state index contributed by atoms with van der Waals surface area (Å²) in [4.78, 5) is 27.0.